The van der Waals surface area contributed by atoms with Crippen molar-refractivity contribution in [1.82, 2.24) is 5.32 Å². The van der Waals surface area contributed by atoms with Crippen molar-refractivity contribution in [1.29, 1.82) is 0 Å². The maximum atomic E-state index is 6.16. The molecule has 0 bridgehead atoms. The van der Waals surface area contributed by atoms with Crippen LogP contribution >= 0.6 is 11.6 Å². The summed E-state index contributed by atoms with van der Waals surface area (Å²) >= 11 is 6.16. The number of halogens is 1. The first-order valence-corrected chi connectivity index (χ1v) is 8.80. The second-order valence-corrected chi connectivity index (χ2v) is 6.55. The lowest BCUT2D eigenvalue weighted by Crippen LogP contribution is -2.13. The van der Waals surface area contributed by atoms with E-state index in [0.717, 1.165) is 28.4 Å². The zero-order valence-corrected chi connectivity index (χ0v) is 15.1. The van der Waals surface area contributed by atoms with Gasteiger partial charge < -0.3 is 10.1 Å². The summed E-state index contributed by atoms with van der Waals surface area (Å²) < 4.78 is 6.02. The predicted octanol–water partition coefficient (Wildman–Crippen LogP) is 5.52. The minimum Gasteiger partial charge on any atom is -0.489 e. The molecule has 3 heteroatoms. The van der Waals surface area contributed by atoms with E-state index in [1.54, 1.807) is 0 Å². The number of aryl methyl sites for hydroxylation is 1. The maximum Gasteiger partial charge on any atom is 0.124 e. The lowest BCUT2D eigenvalue weighted by Gasteiger charge is -2.13. The van der Waals surface area contributed by atoms with Gasteiger partial charge in [0.25, 0.3) is 0 Å². The third-order valence-electron chi connectivity index (χ3n) is 4.02. The van der Waals surface area contributed by atoms with Gasteiger partial charge in [0.15, 0.2) is 0 Å². The van der Waals surface area contributed by atoms with E-state index in [2.05, 4.69) is 48.6 Å². The molecule has 0 saturated carbocycles. The molecule has 3 aromatic rings. The summed E-state index contributed by atoms with van der Waals surface area (Å²) in [6, 6.07) is 24.5. The second kappa shape index (κ2) is 8.70. The number of hydrogen-bond donors (Lipinski definition) is 1. The van der Waals surface area contributed by atoms with E-state index in [9.17, 15) is 0 Å². The third-order valence-corrected chi connectivity index (χ3v) is 4.26. The van der Waals surface area contributed by atoms with Crippen LogP contribution in [0.4, 0.5) is 0 Å². The van der Waals surface area contributed by atoms with Crippen LogP contribution in [0.2, 0.25) is 5.02 Å². The van der Waals surface area contributed by atoms with Gasteiger partial charge in [-0.1, -0.05) is 71.8 Å². The van der Waals surface area contributed by atoms with Crippen LogP contribution in [-0.4, -0.2) is 0 Å². The van der Waals surface area contributed by atoms with E-state index in [1.165, 1.54) is 11.1 Å². The SMILES string of the molecule is Cc1ccc(COc2ccc(Cl)cc2CNCc2ccccc2)cc1. The lowest BCUT2D eigenvalue weighted by molar-refractivity contribution is 0.302. The highest BCUT2D eigenvalue weighted by Gasteiger charge is 2.06. The van der Waals surface area contributed by atoms with E-state index < -0.39 is 0 Å². The van der Waals surface area contributed by atoms with Crippen LogP contribution in [0.3, 0.4) is 0 Å². The number of nitrogens with one attached hydrogen (secondary N) is 1. The molecule has 0 aliphatic heterocycles. The second-order valence-electron chi connectivity index (χ2n) is 6.12. The fourth-order valence-electron chi connectivity index (χ4n) is 2.61. The van der Waals surface area contributed by atoms with Crippen LogP contribution in [0.5, 0.6) is 5.75 Å². The Balaban J connectivity index is 1.62. The van der Waals surface area contributed by atoms with Gasteiger partial charge in [0, 0.05) is 23.7 Å². The van der Waals surface area contributed by atoms with Crippen LogP contribution in [0.25, 0.3) is 0 Å². The van der Waals surface area contributed by atoms with E-state index in [1.807, 2.05) is 36.4 Å². The zero-order valence-electron chi connectivity index (χ0n) is 14.3. The van der Waals surface area contributed by atoms with E-state index in [4.69, 9.17) is 16.3 Å². The first kappa shape index (κ1) is 17.5. The third kappa shape index (κ3) is 5.35. The minimum absolute atomic E-state index is 0.549. The number of rotatable bonds is 7. The van der Waals surface area contributed by atoms with Crippen molar-refractivity contribution in [3.63, 3.8) is 0 Å². The van der Waals surface area contributed by atoms with E-state index >= 15 is 0 Å². The molecule has 0 aliphatic rings. The molecule has 0 heterocycles. The molecule has 0 amide bonds. The highest BCUT2D eigenvalue weighted by Crippen LogP contribution is 2.24. The smallest absolute Gasteiger partial charge is 0.124 e. The Morgan fingerprint density at radius 2 is 1.60 bits per heavy atom. The Morgan fingerprint density at radius 3 is 2.36 bits per heavy atom. The Bertz CT molecular complexity index is 800. The molecular weight excluding hydrogens is 330 g/mol. The number of hydrogen-bond acceptors (Lipinski definition) is 2. The molecule has 128 valence electrons. The summed E-state index contributed by atoms with van der Waals surface area (Å²) in [6.07, 6.45) is 0. The minimum atomic E-state index is 0.549. The summed E-state index contributed by atoms with van der Waals surface area (Å²) in [5.41, 5.74) is 4.73. The molecule has 3 rings (SSSR count). The van der Waals surface area contributed by atoms with Crippen molar-refractivity contribution in [3.05, 3.63) is 100 Å². The standard InChI is InChI=1S/C22H22ClNO/c1-17-7-9-19(10-8-17)16-25-22-12-11-21(23)13-20(22)15-24-14-18-5-3-2-4-6-18/h2-13,24H,14-16H2,1H3. The average molecular weight is 352 g/mol. The van der Waals surface area contributed by atoms with Crippen molar-refractivity contribution < 1.29 is 4.74 Å². The number of ether oxygens (including phenoxy) is 1. The Kier molecular flexibility index (Phi) is 6.10. The first-order valence-electron chi connectivity index (χ1n) is 8.42. The van der Waals surface area contributed by atoms with Crippen molar-refractivity contribution >= 4 is 11.6 Å². The summed E-state index contributed by atoms with van der Waals surface area (Å²) in [7, 11) is 0. The quantitative estimate of drug-likeness (QED) is 0.605. The molecule has 0 radical (unpaired) electrons. The van der Waals surface area contributed by atoms with Crippen molar-refractivity contribution in [2.45, 2.75) is 26.6 Å². The van der Waals surface area contributed by atoms with Gasteiger partial charge in [-0.3, -0.25) is 0 Å². The largest absolute Gasteiger partial charge is 0.489 e. The molecule has 0 unspecified atom stereocenters. The highest BCUT2D eigenvalue weighted by molar-refractivity contribution is 6.30. The molecule has 0 spiro atoms. The summed E-state index contributed by atoms with van der Waals surface area (Å²) in [6.45, 7) is 4.15. The monoisotopic (exact) mass is 351 g/mol. The summed E-state index contributed by atoms with van der Waals surface area (Å²) in [5.74, 6) is 0.866. The van der Waals surface area contributed by atoms with Crippen LogP contribution in [0.1, 0.15) is 22.3 Å². The van der Waals surface area contributed by atoms with E-state index in [0.29, 0.717) is 13.2 Å². The normalized spacial score (nSPS) is 10.6. The average Bonchev–Trinajstić information content (AvgIpc) is 2.63. The maximum absolute atomic E-state index is 6.16. The zero-order chi connectivity index (χ0) is 17.5. The topological polar surface area (TPSA) is 21.3 Å². The predicted molar refractivity (Wildman–Crippen MR) is 104 cm³/mol. The van der Waals surface area contributed by atoms with Gasteiger partial charge in [-0.15, -0.1) is 0 Å². The summed E-state index contributed by atoms with van der Waals surface area (Å²) in [4.78, 5) is 0. The fraction of sp³-hybridized carbons (Fsp3) is 0.182. The molecule has 0 saturated heterocycles. The highest BCUT2D eigenvalue weighted by atomic mass is 35.5. The first-order chi connectivity index (χ1) is 12.2. The van der Waals surface area contributed by atoms with Crippen LogP contribution in [0.15, 0.2) is 72.8 Å². The Labute approximate surface area is 154 Å². The van der Waals surface area contributed by atoms with Gasteiger partial charge in [0.2, 0.25) is 0 Å². The Morgan fingerprint density at radius 1 is 0.840 bits per heavy atom. The molecule has 0 fully saturated rings. The fourth-order valence-corrected chi connectivity index (χ4v) is 2.80. The molecule has 2 nitrogen and oxygen atoms in total. The summed E-state index contributed by atoms with van der Waals surface area (Å²) in [5, 5.41) is 4.17. The molecule has 3 aromatic carbocycles. The van der Waals surface area contributed by atoms with Crippen molar-refractivity contribution in [2.75, 3.05) is 0 Å². The van der Waals surface area contributed by atoms with Gasteiger partial charge in [-0.05, 0) is 36.2 Å². The van der Waals surface area contributed by atoms with Gasteiger partial charge in [-0.25, -0.2) is 0 Å². The lowest BCUT2D eigenvalue weighted by atomic mass is 10.1. The van der Waals surface area contributed by atoms with Gasteiger partial charge in [-0.2, -0.15) is 0 Å². The van der Waals surface area contributed by atoms with Crippen LogP contribution in [0, 0.1) is 6.92 Å². The molecule has 25 heavy (non-hydrogen) atoms. The van der Waals surface area contributed by atoms with Crippen LogP contribution in [-0.2, 0) is 19.7 Å². The molecule has 0 atom stereocenters. The molecule has 1 N–H and O–H groups in total. The Hall–Kier alpha value is -2.29. The van der Waals surface area contributed by atoms with Gasteiger partial charge in [0.1, 0.15) is 12.4 Å². The van der Waals surface area contributed by atoms with Crippen molar-refractivity contribution in [3.8, 4) is 5.75 Å². The molecule has 0 aliphatic carbocycles. The molecule has 0 aromatic heterocycles. The van der Waals surface area contributed by atoms with Crippen molar-refractivity contribution in [2.24, 2.45) is 0 Å². The molecular formula is C22H22ClNO. The van der Waals surface area contributed by atoms with Crippen LogP contribution < -0.4 is 10.1 Å². The van der Waals surface area contributed by atoms with Gasteiger partial charge >= 0.3 is 0 Å². The van der Waals surface area contributed by atoms with E-state index in [-0.39, 0.29) is 0 Å². The van der Waals surface area contributed by atoms with Gasteiger partial charge in [0.05, 0.1) is 0 Å². The number of benzene rings is 3.